The van der Waals surface area contributed by atoms with Crippen LogP contribution in [0.1, 0.15) is 27.7 Å². The molecule has 0 spiro atoms. The van der Waals surface area contributed by atoms with Crippen LogP contribution in [0.2, 0.25) is 0 Å². The van der Waals surface area contributed by atoms with Crippen LogP contribution in [0.15, 0.2) is 0 Å². The molecule has 2 unspecified atom stereocenters. The zero-order valence-corrected chi connectivity index (χ0v) is 11.3. The van der Waals surface area contributed by atoms with Crippen LogP contribution in [0, 0.1) is 5.41 Å². The average Bonchev–Trinajstić information content (AvgIpc) is 2.13. The van der Waals surface area contributed by atoms with Gasteiger partial charge in [0.05, 0.1) is 32.5 Å². The van der Waals surface area contributed by atoms with Crippen LogP contribution in [0.5, 0.6) is 0 Å². The highest BCUT2D eigenvalue weighted by Crippen LogP contribution is 2.24. The Hall–Kier alpha value is -0.160. The van der Waals surface area contributed by atoms with Crippen molar-refractivity contribution in [3.8, 4) is 0 Å². The van der Waals surface area contributed by atoms with Crippen molar-refractivity contribution in [2.24, 2.45) is 11.1 Å². The van der Waals surface area contributed by atoms with Crippen molar-refractivity contribution in [3.05, 3.63) is 0 Å². The average molecular weight is 233 g/mol. The fraction of sp³-hybridized carbons (Fsp3) is 1.00. The fourth-order valence-corrected chi connectivity index (χ4v) is 1.67. The Morgan fingerprint density at radius 3 is 2.06 bits per heavy atom. The standard InChI is InChI=1S/C12H27NO3/c1-10(13)11(12(2,3)4)16-9-8-15-7-6-14-5/h10-11H,6-9,13H2,1-5H3. The molecular formula is C12H27NO3. The molecule has 4 nitrogen and oxygen atoms in total. The molecule has 0 aromatic carbocycles. The first-order valence-electron chi connectivity index (χ1n) is 5.83. The van der Waals surface area contributed by atoms with Crippen molar-refractivity contribution in [2.75, 3.05) is 33.5 Å². The lowest BCUT2D eigenvalue weighted by atomic mass is 9.85. The van der Waals surface area contributed by atoms with Gasteiger partial charge in [0.2, 0.25) is 0 Å². The Balaban J connectivity index is 3.70. The first-order chi connectivity index (χ1) is 7.39. The lowest BCUT2D eigenvalue weighted by molar-refractivity contribution is -0.0562. The highest BCUT2D eigenvalue weighted by molar-refractivity contribution is 4.81. The Morgan fingerprint density at radius 1 is 1.06 bits per heavy atom. The third-order valence-electron chi connectivity index (χ3n) is 2.29. The monoisotopic (exact) mass is 233 g/mol. The normalized spacial score (nSPS) is 16.1. The van der Waals surface area contributed by atoms with E-state index in [9.17, 15) is 0 Å². The van der Waals surface area contributed by atoms with Crippen molar-refractivity contribution in [1.29, 1.82) is 0 Å². The minimum atomic E-state index is 0.0268. The van der Waals surface area contributed by atoms with Gasteiger partial charge in [-0.05, 0) is 12.3 Å². The van der Waals surface area contributed by atoms with Gasteiger partial charge in [0.25, 0.3) is 0 Å². The molecule has 0 aliphatic carbocycles. The first kappa shape index (κ1) is 15.8. The SMILES string of the molecule is COCCOCCOC(C(C)N)C(C)(C)C. The molecular weight excluding hydrogens is 206 g/mol. The van der Waals surface area contributed by atoms with Crippen LogP contribution in [-0.2, 0) is 14.2 Å². The number of hydrogen-bond acceptors (Lipinski definition) is 4. The molecule has 0 aromatic rings. The van der Waals surface area contributed by atoms with Gasteiger partial charge in [0.15, 0.2) is 0 Å². The lowest BCUT2D eigenvalue weighted by Gasteiger charge is -2.33. The van der Waals surface area contributed by atoms with Crippen molar-refractivity contribution in [3.63, 3.8) is 0 Å². The van der Waals surface area contributed by atoms with Gasteiger partial charge >= 0.3 is 0 Å². The molecule has 0 heterocycles. The van der Waals surface area contributed by atoms with Crippen LogP contribution in [0.3, 0.4) is 0 Å². The molecule has 16 heavy (non-hydrogen) atoms. The van der Waals surface area contributed by atoms with E-state index in [-0.39, 0.29) is 17.6 Å². The second-order valence-corrected chi connectivity index (χ2v) is 5.12. The molecule has 0 fully saturated rings. The smallest absolute Gasteiger partial charge is 0.0772 e. The van der Waals surface area contributed by atoms with Gasteiger partial charge in [-0.3, -0.25) is 0 Å². The lowest BCUT2D eigenvalue weighted by Crippen LogP contribution is -2.44. The topological polar surface area (TPSA) is 53.7 Å². The first-order valence-corrected chi connectivity index (χ1v) is 5.83. The van der Waals surface area contributed by atoms with Gasteiger partial charge in [-0.1, -0.05) is 20.8 Å². The fourth-order valence-electron chi connectivity index (χ4n) is 1.67. The van der Waals surface area contributed by atoms with Gasteiger partial charge in [-0.2, -0.15) is 0 Å². The van der Waals surface area contributed by atoms with Crippen LogP contribution in [0.25, 0.3) is 0 Å². The predicted octanol–water partition coefficient (Wildman–Crippen LogP) is 1.43. The summed E-state index contributed by atoms with van der Waals surface area (Å²) in [6, 6.07) is 0.0268. The molecule has 98 valence electrons. The van der Waals surface area contributed by atoms with Crippen LogP contribution in [-0.4, -0.2) is 45.7 Å². The predicted molar refractivity (Wildman–Crippen MR) is 65.5 cm³/mol. The third-order valence-corrected chi connectivity index (χ3v) is 2.29. The van der Waals surface area contributed by atoms with E-state index in [1.54, 1.807) is 7.11 Å². The molecule has 4 heteroatoms. The Labute approximate surface area is 99.4 Å². The van der Waals surface area contributed by atoms with Crippen molar-refractivity contribution < 1.29 is 14.2 Å². The van der Waals surface area contributed by atoms with Gasteiger partial charge in [0, 0.05) is 13.2 Å². The Bertz CT molecular complexity index is 166. The van der Waals surface area contributed by atoms with Gasteiger partial charge < -0.3 is 19.9 Å². The summed E-state index contributed by atoms with van der Waals surface area (Å²) in [5.74, 6) is 0. The van der Waals surface area contributed by atoms with Crippen LogP contribution >= 0.6 is 0 Å². The molecule has 0 aliphatic rings. The van der Waals surface area contributed by atoms with Crippen LogP contribution in [0.4, 0.5) is 0 Å². The molecule has 0 amide bonds. The van der Waals surface area contributed by atoms with E-state index in [4.69, 9.17) is 19.9 Å². The summed E-state index contributed by atoms with van der Waals surface area (Å²) in [6.45, 7) is 10.8. The number of nitrogens with two attached hydrogens (primary N) is 1. The number of rotatable bonds is 8. The van der Waals surface area contributed by atoms with E-state index >= 15 is 0 Å². The second kappa shape index (κ2) is 8.01. The maximum Gasteiger partial charge on any atom is 0.0772 e. The molecule has 2 atom stereocenters. The van der Waals surface area contributed by atoms with Gasteiger partial charge in [0.1, 0.15) is 0 Å². The molecule has 0 saturated heterocycles. The summed E-state index contributed by atoms with van der Waals surface area (Å²) < 4.78 is 16.0. The highest BCUT2D eigenvalue weighted by atomic mass is 16.5. The van der Waals surface area contributed by atoms with Crippen LogP contribution < -0.4 is 5.73 Å². The zero-order chi connectivity index (χ0) is 12.6. The summed E-state index contributed by atoms with van der Waals surface area (Å²) in [5, 5.41) is 0. The van der Waals surface area contributed by atoms with E-state index in [1.807, 2.05) is 6.92 Å². The minimum Gasteiger partial charge on any atom is -0.382 e. The van der Waals surface area contributed by atoms with E-state index in [0.29, 0.717) is 26.4 Å². The summed E-state index contributed by atoms with van der Waals surface area (Å²) in [4.78, 5) is 0. The maximum absolute atomic E-state index is 5.90. The quantitative estimate of drug-likeness (QED) is 0.644. The number of ether oxygens (including phenoxy) is 3. The number of hydrogen-bond donors (Lipinski definition) is 1. The molecule has 0 bridgehead atoms. The second-order valence-electron chi connectivity index (χ2n) is 5.12. The summed E-state index contributed by atoms with van der Waals surface area (Å²) in [7, 11) is 1.66. The van der Waals surface area contributed by atoms with Crippen molar-refractivity contribution in [2.45, 2.75) is 39.8 Å². The molecule has 0 rings (SSSR count). The summed E-state index contributed by atoms with van der Waals surface area (Å²) in [5.41, 5.74) is 5.96. The van der Waals surface area contributed by atoms with Crippen molar-refractivity contribution in [1.82, 2.24) is 0 Å². The molecule has 0 aliphatic heterocycles. The van der Waals surface area contributed by atoms with E-state index in [1.165, 1.54) is 0 Å². The van der Waals surface area contributed by atoms with Crippen molar-refractivity contribution >= 4 is 0 Å². The summed E-state index contributed by atoms with van der Waals surface area (Å²) >= 11 is 0. The third kappa shape index (κ3) is 7.17. The maximum atomic E-state index is 5.90. The Morgan fingerprint density at radius 2 is 1.62 bits per heavy atom. The van der Waals surface area contributed by atoms with Gasteiger partial charge in [-0.25, -0.2) is 0 Å². The molecule has 0 saturated carbocycles. The molecule has 2 N–H and O–H groups in total. The molecule has 0 aromatic heterocycles. The highest BCUT2D eigenvalue weighted by Gasteiger charge is 2.28. The summed E-state index contributed by atoms with van der Waals surface area (Å²) in [6.07, 6.45) is 0.0542. The van der Waals surface area contributed by atoms with E-state index in [2.05, 4.69) is 20.8 Å². The largest absolute Gasteiger partial charge is 0.382 e. The Kier molecular flexibility index (Phi) is 7.93. The van der Waals surface area contributed by atoms with E-state index < -0.39 is 0 Å². The van der Waals surface area contributed by atoms with E-state index in [0.717, 1.165) is 0 Å². The van der Waals surface area contributed by atoms with Gasteiger partial charge in [-0.15, -0.1) is 0 Å². The zero-order valence-electron chi connectivity index (χ0n) is 11.3. The minimum absolute atomic E-state index is 0.0268. The number of methoxy groups -OCH3 is 1. The molecule has 0 radical (unpaired) electrons.